The number of urea groups is 1. The Morgan fingerprint density at radius 2 is 1.76 bits per heavy atom. The SMILES string of the molecule is O=C(NCC1CCCc2ccc(C(=O)NC3CCN(c4ccncc4)CC3)cc21)Nc1cc(Cl)ccc1Cl. The van der Waals surface area contributed by atoms with Gasteiger partial charge < -0.3 is 20.9 Å². The lowest BCUT2D eigenvalue weighted by Gasteiger charge is -2.34. The first-order valence-corrected chi connectivity index (χ1v) is 13.8. The maximum atomic E-state index is 13.1. The van der Waals surface area contributed by atoms with Crippen LogP contribution in [0.4, 0.5) is 16.2 Å². The highest BCUT2D eigenvalue weighted by Gasteiger charge is 2.25. The van der Waals surface area contributed by atoms with Gasteiger partial charge in [-0.25, -0.2) is 4.79 Å². The maximum absolute atomic E-state index is 13.1. The minimum Gasteiger partial charge on any atom is -0.371 e. The van der Waals surface area contributed by atoms with Gasteiger partial charge in [0.1, 0.15) is 0 Å². The minimum atomic E-state index is -0.340. The third-order valence-electron chi connectivity index (χ3n) is 7.39. The van der Waals surface area contributed by atoms with Gasteiger partial charge in [-0.2, -0.15) is 0 Å². The first-order valence-electron chi connectivity index (χ1n) is 13.0. The molecule has 2 aliphatic rings. The number of amides is 3. The molecule has 1 aliphatic heterocycles. The van der Waals surface area contributed by atoms with Crippen LogP contribution >= 0.6 is 23.2 Å². The summed E-state index contributed by atoms with van der Waals surface area (Å²) in [4.78, 5) is 32.1. The van der Waals surface area contributed by atoms with Gasteiger partial charge in [-0.1, -0.05) is 29.3 Å². The van der Waals surface area contributed by atoms with Crippen LogP contribution < -0.4 is 20.9 Å². The van der Waals surface area contributed by atoms with Crippen LogP contribution in [0.1, 0.15) is 53.1 Å². The molecule has 0 radical (unpaired) electrons. The number of hydrogen-bond acceptors (Lipinski definition) is 4. The molecule has 7 nitrogen and oxygen atoms in total. The molecule has 0 bridgehead atoms. The van der Waals surface area contributed by atoms with Crippen molar-refractivity contribution in [1.82, 2.24) is 15.6 Å². The molecule has 198 valence electrons. The lowest BCUT2D eigenvalue weighted by Crippen LogP contribution is -2.44. The Hall–Kier alpha value is -3.29. The number of rotatable bonds is 6. The Morgan fingerprint density at radius 3 is 2.55 bits per heavy atom. The van der Waals surface area contributed by atoms with E-state index in [1.807, 2.05) is 36.7 Å². The molecule has 9 heteroatoms. The highest BCUT2D eigenvalue weighted by atomic mass is 35.5. The fourth-order valence-corrected chi connectivity index (χ4v) is 5.67. The lowest BCUT2D eigenvalue weighted by atomic mass is 9.82. The van der Waals surface area contributed by atoms with Crippen molar-refractivity contribution in [2.24, 2.45) is 0 Å². The van der Waals surface area contributed by atoms with E-state index in [1.165, 1.54) is 11.3 Å². The predicted molar refractivity (Wildman–Crippen MR) is 153 cm³/mol. The zero-order valence-corrected chi connectivity index (χ0v) is 22.6. The highest BCUT2D eigenvalue weighted by Crippen LogP contribution is 2.32. The van der Waals surface area contributed by atoms with Gasteiger partial charge in [-0.05, 0) is 85.7 Å². The molecule has 0 spiro atoms. The van der Waals surface area contributed by atoms with E-state index in [0.717, 1.165) is 50.8 Å². The van der Waals surface area contributed by atoms with E-state index in [2.05, 4.69) is 31.9 Å². The second-order valence-corrected chi connectivity index (χ2v) is 10.7. The van der Waals surface area contributed by atoms with Gasteiger partial charge in [0.2, 0.25) is 0 Å². The Kier molecular flexibility index (Phi) is 8.35. The molecule has 1 aliphatic carbocycles. The van der Waals surface area contributed by atoms with E-state index in [4.69, 9.17) is 23.2 Å². The molecule has 38 heavy (non-hydrogen) atoms. The van der Waals surface area contributed by atoms with Crippen molar-refractivity contribution in [3.8, 4) is 0 Å². The molecule has 1 atom stereocenters. The molecule has 3 amide bonds. The molecule has 1 fully saturated rings. The number of nitrogens with zero attached hydrogens (tertiary/aromatic N) is 2. The summed E-state index contributed by atoms with van der Waals surface area (Å²) in [6.07, 6.45) is 8.39. The third-order valence-corrected chi connectivity index (χ3v) is 7.95. The summed E-state index contributed by atoms with van der Waals surface area (Å²) in [5.74, 6) is 0.0940. The molecule has 3 N–H and O–H groups in total. The number of nitrogens with one attached hydrogen (secondary N) is 3. The van der Waals surface area contributed by atoms with Crippen LogP contribution in [-0.4, -0.2) is 42.6 Å². The van der Waals surface area contributed by atoms with Crippen molar-refractivity contribution >= 4 is 46.5 Å². The van der Waals surface area contributed by atoms with Gasteiger partial charge in [-0.15, -0.1) is 0 Å². The number of aromatic nitrogens is 1. The molecule has 1 saturated heterocycles. The van der Waals surface area contributed by atoms with E-state index < -0.39 is 0 Å². The predicted octanol–water partition coefficient (Wildman–Crippen LogP) is 6.03. The summed E-state index contributed by atoms with van der Waals surface area (Å²) in [5, 5.41) is 9.88. The number of halogens is 2. The quantitative estimate of drug-likeness (QED) is 0.349. The van der Waals surface area contributed by atoms with E-state index in [9.17, 15) is 9.59 Å². The Balaban J connectivity index is 1.17. The number of pyridine rings is 1. The van der Waals surface area contributed by atoms with Crippen molar-refractivity contribution in [3.05, 3.63) is 87.7 Å². The summed E-state index contributed by atoms with van der Waals surface area (Å²) in [6.45, 7) is 2.26. The van der Waals surface area contributed by atoms with E-state index in [-0.39, 0.29) is 23.9 Å². The second-order valence-electron chi connectivity index (χ2n) is 9.90. The summed E-state index contributed by atoms with van der Waals surface area (Å²) < 4.78 is 0. The van der Waals surface area contributed by atoms with Crippen molar-refractivity contribution in [1.29, 1.82) is 0 Å². The van der Waals surface area contributed by atoms with Crippen molar-refractivity contribution in [3.63, 3.8) is 0 Å². The summed E-state index contributed by atoms with van der Waals surface area (Å²) in [5.41, 5.74) is 4.68. The number of carbonyl (C=O) groups excluding carboxylic acids is 2. The Bertz CT molecular complexity index is 1300. The van der Waals surface area contributed by atoms with Crippen molar-refractivity contribution < 1.29 is 9.59 Å². The number of anilines is 2. The van der Waals surface area contributed by atoms with Gasteiger partial charge in [0, 0.05) is 60.3 Å². The highest BCUT2D eigenvalue weighted by molar-refractivity contribution is 6.35. The average Bonchev–Trinajstić information content (AvgIpc) is 2.94. The zero-order chi connectivity index (χ0) is 26.5. The van der Waals surface area contributed by atoms with E-state index in [0.29, 0.717) is 27.8 Å². The Labute approximate surface area is 232 Å². The molecule has 3 aromatic rings. The fourth-order valence-electron chi connectivity index (χ4n) is 5.33. The van der Waals surface area contributed by atoms with E-state index in [1.54, 1.807) is 18.2 Å². The number of piperidine rings is 1. The fraction of sp³-hybridized carbons (Fsp3) is 0.345. The van der Waals surface area contributed by atoms with Crippen LogP contribution in [0.3, 0.4) is 0 Å². The van der Waals surface area contributed by atoms with E-state index >= 15 is 0 Å². The minimum absolute atomic E-state index is 0.0409. The molecule has 1 aromatic heterocycles. The number of hydrogen-bond donors (Lipinski definition) is 3. The molecule has 5 rings (SSSR count). The first kappa shape index (κ1) is 26.3. The summed E-state index contributed by atoms with van der Waals surface area (Å²) in [7, 11) is 0. The smallest absolute Gasteiger partial charge is 0.319 e. The second kappa shape index (κ2) is 12.0. The number of aryl methyl sites for hydroxylation is 1. The number of fused-ring (bicyclic) bond motifs is 1. The third kappa shape index (κ3) is 6.40. The van der Waals surface area contributed by atoms with Crippen molar-refractivity contribution in [2.45, 2.75) is 44.1 Å². The van der Waals surface area contributed by atoms with Crippen LogP contribution in [0.15, 0.2) is 60.9 Å². The number of carbonyl (C=O) groups is 2. The van der Waals surface area contributed by atoms with Crippen LogP contribution in [0, 0.1) is 0 Å². The average molecular weight is 553 g/mol. The molecular weight excluding hydrogens is 521 g/mol. The van der Waals surface area contributed by atoms with Crippen molar-refractivity contribution in [2.75, 3.05) is 29.9 Å². The largest absolute Gasteiger partial charge is 0.371 e. The normalized spacial score (nSPS) is 17.4. The van der Waals surface area contributed by atoms with Crippen LogP contribution in [0.2, 0.25) is 10.0 Å². The summed E-state index contributed by atoms with van der Waals surface area (Å²) in [6, 6.07) is 14.8. The molecular formula is C29H31Cl2N5O2. The summed E-state index contributed by atoms with van der Waals surface area (Å²) >= 11 is 12.2. The monoisotopic (exact) mass is 551 g/mol. The van der Waals surface area contributed by atoms with Gasteiger partial charge in [-0.3, -0.25) is 9.78 Å². The maximum Gasteiger partial charge on any atom is 0.319 e. The Morgan fingerprint density at radius 1 is 0.974 bits per heavy atom. The van der Waals surface area contributed by atoms with Crippen LogP contribution in [-0.2, 0) is 6.42 Å². The van der Waals surface area contributed by atoms with Crippen LogP contribution in [0.5, 0.6) is 0 Å². The molecule has 2 heterocycles. The number of benzene rings is 2. The molecule has 1 unspecified atom stereocenters. The molecule has 0 saturated carbocycles. The van der Waals surface area contributed by atoms with Gasteiger partial charge in [0.25, 0.3) is 5.91 Å². The lowest BCUT2D eigenvalue weighted by molar-refractivity contribution is 0.0931. The van der Waals surface area contributed by atoms with Gasteiger partial charge >= 0.3 is 6.03 Å². The topological polar surface area (TPSA) is 86.4 Å². The zero-order valence-electron chi connectivity index (χ0n) is 21.1. The van der Waals surface area contributed by atoms with Gasteiger partial charge in [0.15, 0.2) is 0 Å². The standard InChI is InChI=1S/C29H31Cl2N5O2/c30-22-6-7-26(31)27(17-22)35-29(38)33-18-21-3-1-2-19-4-5-20(16-25(19)21)28(37)34-23-10-14-36(15-11-23)24-8-12-32-13-9-24/h4-9,12-13,16-17,21,23H,1-3,10-11,14-15,18H2,(H,34,37)(H2,33,35,38). The first-order chi connectivity index (χ1) is 18.5. The molecule has 2 aromatic carbocycles. The van der Waals surface area contributed by atoms with Crippen LogP contribution in [0.25, 0.3) is 0 Å². The van der Waals surface area contributed by atoms with Gasteiger partial charge in [0.05, 0.1) is 10.7 Å².